The van der Waals surface area contributed by atoms with Gasteiger partial charge in [-0.15, -0.1) is 0 Å². The normalized spacial score (nSPS) is 9.29. The number of nitriles is 1. The van der Waals surface area contributed by atoms with Crippen molar-refractivity contribution in [2.75, 3.05) is 7.11 Å². The van der Waals surface area contributed by atoms with E-state index in [1.807, 2.05) is 28.7 Å². The Balaban J connectivity index is 3.36. The van der Waals surface area contributed by atoms with Crippen LogP contribution < -0.4 is 0 Å². The van der Waals surface area contributed by atoms with Gasteiger partial charge in [-0.2, -0.15) is 5.26 Å². The molecule has 0 bridgehead atoms. The Labute approximate surface area is 99.8 Å². The van der Waals surface area contributed by atoms with Crippen molar-refractivity contribution in [3.05, 3.63) is 31.9 Å². The number of benzene rings is 1. The van der Waals surface area contributed by atoms with Crippen LogP contribution in [0.3, 0.4) is 0 Å². The zero-order chi connectivity index (χ0) is 10.7. The molecule has 0 aliphatic rings. The first-order chi connectivity index (χ1) is 6.60. The number of nitrogens with zero attached hydrogens (tertiary/aromatic N) is 1. The summed E-state index contributed by atoms with van der Waals surface area (Å²) in [7, 11) is 1.26. The van der Waals surface area contributed by atoms with Gasteiger partial charge in [-0.1, -0.05) is 11.6 Å². The molecule has 0 saturated heterocycles. The summed E-state index contributed by atoms with van der Waals surface area (Å²) in [6, 6.07) is 4.90. The maximum atomic E-state index is 11.2. The van der Waals surface area contributed by atoms with Gasteiger partial charge < -0.3 is 4.74 Å². The Morgan fingerprint density at radius 1 is 1.64 bits per heavy atom. The molecule has 1 rings (SSSR count). The van der Waals surface area contributed by atoms with Gasteiger partial charge in [0.05, 0.1) is 23.3 Å². The predicted molar refractivity (Wildman–Crippen MR) is 60.2 cm³/mol. The molecule has 0 fully saturated rings. The highest BCUT2D eigenvalue weighted by Gasteiger charge is 2.14. The Morgan fingerprint density at radius 3 is 2.79 bits per heavy atom. The van der Waals surface area contributed by atoms with E-state index >= 15 is 0 Å². The molecule has 0 spiro atoms. The second-order valence-electron chi connectivity index (χ2n) is 2.42. The van der Waals surface area contributed by atoms with Crippen LogP contribution in [-0.4, -0.2) is 13.1 Å². The van der Waals surface area contributed by atoms with Crippen LogP contribution in [0.4, 0.5) is 0 Å². The van der Waals surface area contributed by atoms with Crippen molar-refractivity contribution in [3.63, 3.8) is 0 Å². The van der Waals surface area contributed by atoms with Gasteiger partial charge in [-0.05, 0) is 34.7 Å². The van der Waals surface area contributed by atoms with E-state index < -0.39 is 5.97 Å². The molecule has 0 N–H and O–H groups in total. The minimum absolute atomic E-state index is 0.195. The second kappa shape index (κ2) is 4.62. The Kier molecular flexibility index (Phi) is 3.72. The van der Waals surface area contributed by atoms with E-state index in [0.717, 1.165) is 3.57 Å². The molecule has 0 radical (unpaired) electrons. The lowest BCUT2D eigenvalue weighted by molar-refractivity contribution is 0.0600. The Hall–Kier alpha value is -0.800. The van der Waals surface area contributed by atoms with E-state index in [1.165, 1.54) is 13.2 Å². The molecule has 1 aromatic rings. The summed E-state index contributed by atoms with van der Waals surface area (Å²) in [5.41, 5.74) is 0.464. The van der Waals surface area contributed by atoms with Crippen LogP contribution in [0.2, 0.25) is 5.02 Å². The molecule has 0 amide bonds. The van der Waals surface area contributed by atoms with Crippen LogP contribution in [-0.2, 0) is 4.74 Å². The number of methoxy groups -OCH3 is 1. The largest absolute Gasteiger partial charge is 0.465 e. The molecule has 1 aromatic carbocycles. The molecule has 72 valence electrons. The van der Waals surface area contributed by atoms with Gasteiger partial charge in [0.25, 0.3) is 0 Å². The molecule has 0 atom stereocenters. The average molecular weight is 322 g/mol. The maximum absolute atomic E-state index is 11.2. The molecule has 0 heterocycles. The molecule has 0 aliphatic carbocycles. The third-order valence-corrected chi connectivity index (χ3v) is 3.11. The van der Waals surface area contributed by atoms with E-state index in [2.05, 4.69) is 4.74 Å². The van der Waals surface area contributed by atoms with E-state index in [4.69, 9.17) is 16.9 Å². The first-order valence-corrected chi connectivity index (χ1v) is 5.03. The van der Waals surface area contributed by atoms with Crippen molar-refractivity contribution in [2.45, 2.75) is 0 Å². The lowest BCUT2D eigenvalue weighted by atomic mass is 10.1. The number of hydrogen-bond acceptors (Lipinski definition) is 3. The van der Waals surface area contributed by atoms with Crippen molar-refractivity contribution >= 4 is 40.2 Å². The van der Waals surface area contributed by atoms with Gasteiger partial charge in [-0.25, -0.2) is 4.79 Å². The number of rotatable bonds is 1. The quantitative estimate of drug-likeness (QED) is 0.590. The molecule has 5 heteroatoms. The zero-order valence-corrected chi connectivity index (χ0v) is 10.1. The molecule has 0 aromatic heterocycles. The SMILES string of the molecule is COC(=O)c1cc(Cl)c(I)cc1C#N. The number of esters is 1. The smallest absolute Gasteiger partial charge is 0.339 e. The van der Waals surface area contributed by atoms with Gasteiger partial charge in [0.1, 0.15) is 6.07 Å². The predicted octanol–water partition coefficient (Wildman–Crippen LogP) is 2.60. The summed E-state index contributed by atoms with van der Waals surface area (Å²) in [6.07, 6.45) is 0. The van der Waals surface area contributed by atoms with Crippen LogP contribution >= 0.6 is 34.2 Å². The van der Waals surface area contributed by atoms with Crippen molar-refractivity contribution < 1.29 is 9.53 Å². The average Bonchev–Trinajstić information content (AvgIpc) is 2.20. The summed E-state index contributed by atoms with van der Waals surface area (Å²) < 4.78 is 5.25. The van der Waals surface area contributed by atoms with Crippen LogP contribution in [0, 0.1) is 14.9 Å². The molecule has 0 aliphatic heterocycles. The van der Waals surface area contributed by atoms with Gasteiger partial charge in [0.15, 0.2) is 0 Å². The summed E-state index contributed by atoms with van der Waals surface area (Å²) >= 11 is 7.81. The standard InChI is InChI=1S/C9H5ClINO2/c1-14-9(13)6-3-7(10)8(11)2-5(6)4-12/h2-3H,1H3. The molecule has 14 heavy (non-hydrogen) atoms. The number of ether oxygens (including phenoxy) is 1. The highest BCUT2D eigenvalue weighted by atomic mass is 127. The molecule has 0 saturated carbocycles. The van der Waals surface area contributed by atoms with E-state index in [0.29, 0.717) is 5.02 Å². The highest BCUT2D eigenvalue weighted by Crippen LogP contribution is 2.23. The first-order valence-electron chi connectivity index (χ1n) is 3.57. The molecular weight excluding hydrogens is 316 g/mol. The van der Waals surface area contributed by atoms with Crippen molar-refractivity contribution in [2.24, 2.45) is 0 Å². The number of halogens is 2. The lowest BCUT2D eigenvalue weighted by Gasteiger charge is -2.03. The molecule has 3 nitrogen and oxygen atoms in total. The fourth-order valence-electron chi connectivity index (χ4n) is 0.918. The Bertz CT molecular complexity index is 426. The van der Waals surface area contributed by atoms with E-state index in [1.54, 1.807) is 6.07 Å². The maximum Gasteiger partial charge on any atom is 0.339 e. The number of carbonyl (C=O) groups is 1. The van der Waals surface area contributed by atoms with Crippen molar-refractivity contribution in [3.8, 4) is 6.07 Å². The number of carbonyl (C=O) groups excluding carboxylic acids is 1. The van der Waals surface area contributed by atoms with Gasteiger partial charge in [0.2, 0.25) is 0 Å². The van der Waals surface area contributed by atoms with Gasteiger partial charge in [-0.3, -0.25) is 0 Å². The van der Waals surface area contributed by atoms with Crippen LogP contribution in [0.25, 0.3) is 0 Å². The summed E-state index contributed by atoms with van der Waals surface area (Å²) in [5.74, 6) is -0.556. The monoisotopic (exact) mass is 321 g/mol. The van der Waals surface area contributed by atoms with Crippen molar-refractivity contribution in [1.82, 2.24) is 0 Å². The van der Waals surface area contributed by atoms with Crippen LogP contribution in [0.1, 0.15) is 15.9 Å². The fraction of sp³-hybridized carbons (Fsp3) is 0.111. The summed E-state index contributed by atoms with van der Waals surface area (Å²) in [5, 5.41) is 9.21. The van der Waals surface area contributed by atoms with Crippen LogP contribution in [0.5, 0.6) is 0 Å². The van der Waals surface area contributed by atoms with Gasteiger partial charge >= 0.3 is 5.97 Å². The third kappa shape index (κ3) is 2.16. The zero-order valence-electron chi connectivity index (χ0n) is 7.17. The van der Waals surface area contributed by atoms with Crippen LogP contribution in [0.15, 0.2) is 12.1 Å². The molecular formula is C9H5ClINO2. The summed E-state index contributed by atoms with van der Waals surface area (Å²) in [4.78, 5) is 11.2. The minimum Gasteiger partial charge on any atom is -0.465 e. The summed E-state index contributed by atoms with van der Waals surface area (Å²) in [6.45, 7) is 0. The number of hydrogen-bond donors (Lipinski definition) is 0. The third-order valence-electron chi connectivity index (χ3n) is 1.59. The van der Waals surface area contributed by atoms with Gasteiger partial charge in [0, 0.05) is 3.57 Å². The first kappa shape index (κ1) is 11.3. The fourth-order valence-corrected chi connectivity index (χ4v) is 1.55. The second-order valence-corrected chi connectivity index (χ2v) is 3.98. The Morgan fingerprint density at radius 2 is 2.29 bits per heavy atom. The highest BCUT2D eigenvalue weighted by molar-refractivity contribution is 14.1. The molecule has 0 unspecified atom stereocenters. The minimum atomic E-state index is -0.556. The van der Waals surface area contributed by atoms with E-state index in [-0.39, 0.29) is 11.1 Å². The van der Waals surface area contributed by atoms with E-state index in [9.17, 15) is 4.79 Å². The van der Waals surface area contributed by atoms with Crippen molar-refractivity contribution in [1.29, 1.82) is 5.26 Å². The lowest BCUT2D eigenvalue weighted by Crippen LogP contribution is -2.04. The topological polar surface area (TPSA) is 50.1 Å².